The lowest BCUT2D eigenvalue weighted by molar-refractivity contribution is 0.412. The van der Waals surface area contributed by atoms with E-state index in [0.29, 0.717) is 6.04 Å². The van der Waals surface area contributed by atoms with Gasteiger partial charge in [-0.2, -0.15) is 0 Å². The highest BCUT2D eigenvalue weighted by Crippen LogP contribution is 2.34. The molecule has 0 heterocycles. The molecule has 0 atom stereocenters. The zero-order chi connectivity index (χ0) is 12.3. The summed E-state index contributed by atoms with van der Waals surface area (Å²) in [6.07, 6.45) is 6.62. The molecule has 3 heteroatoms. The Bertz CT molecular complexity index is 386. The highest BCUT2D eigenvalue weighted by Gasteiger charge is 2.16. The summed E-state index contributed by atoms with van der Waals surface area (Å²) in [4.78, 5) is 0. The van der Waals surface area contributed by atoms with Gasteiger partial charge in [-0.1, -0.05) is 35.2 Å². The van der Waals surface area contributed by atoms with Crippen LogP contribution >= 0.6 is 15.9 Å². The number of hydrogen-bond acceptors (Lipinski definition) is 2. The molecular formula is C14H20BrNO. The summed E-state index contributed by atoms with van der Waals surface area (Å²) in [6, 6.07) is 4.77. The Labute approximate surface area is 112 Å². The summed E-state index contributed by atoms with van der Waals surface area (Å²) in [5.41, 5.74) is 2.39. The van der Waals surface area contributed by atoms with Crippen molar-refractivity contribution in [3.05, 3.63) is 22.2 Å². The van der Waals surface area contributed by atoms with Crippen molar-refractivity contribution in [2.24, 2.45) is 0 Å². The maximum atomic E-state index is 5.46. The largest absolute Gasteiger partial charge is 0.495 e. The van der Waals surface area contributed by atoms with Gasteiger partial charge >= 0.3 is 0 Å². The van der Waals surface area contributed by atoms with E-state index >= 15 is 0 Å². The number of aryl methyl sites for hydroxylation is 1. The maximum absolute atomic E-state index is 5.46. The van der Waals surface area contributed by atoms with Gasteiger partial charge in [0.25, 0.3) is 0 Å². The zero-order valence-corrected chi connectivity index (χ0v) is 12.1. The van der Waals surface area contributed by atoms with Gasteiger partial charge in [-0.3, -0.25) is 0 Å². The first-order valence-corrected chi connectivity index (χ1v) is 7.10. The minimum Gasteiger partial charge on any atom is -0.495 e. The van der Waals surface area contributed by atoms with E-state index in [9.17, 15) is 0 Å². The minimum absolute atomic E-state index is 0.609. The van der Waals surface area contributed by atoms with Crippen molar-refractivity contribution < 1.29 is 4.74 Å². The lowest BCUT2D eigenvalue weighted by Gasteiger charge is -2.26. The Balaban J connectivity index is 2.18. The second kappa shape index (κ2) is 5.76. The van der Waals surface area contributed by atoms with Crippen molar-refractivity contribution in [1.82, 2.24) is 0 Å². The quantitative estimate of drug-likeness (QED) is 0.886. The van der Waals surface area contributed by atoms with Gasteiger partial charge in [0.1, 0.15) is 5.75 Å². The number of benzene rings is 1. The molecule has 0 bridgehead atoms. The van der Waals surface area contributed by atoms with Gasteiger partial charge in [0.05, 0.1) is 12.8 Å². The van der Waals surface area contributed by atoms with E-state index in [4.69, 9.17) is 4.74 Å². The molecule has 1 aliphatic carbocycles. The zero-order valence-electron chi connectivity index (χ0n) is 10.6. The molecule has 1 fully saturated rings. The Hall–Kier alpha value is -0.700. The number of hydrogen-bond donors (Lipinski definition) is 1. The van der Waals surface area contributed by atoms with Gasteiger partial charge < -0.3 is 10.1 Å². The van der Waals surface area contributed by atoms with Gasteiger partial charge in [0.15, 0.2) is 0 Å². The van der Waals surface area contributed by atoms with Crippen LogP contribution in [0.25, 0.3) is 0 Å². The minimum atomic E-state index is 0.609. The first kappa shape index (κ1) is 12.7. The fraction of sp³-hybridized carbons (Fsp3) is 0.571. The van der Waals surface area contributed by atoms with Crippen LogP contribution in [0, 0.1) is 6.92 Å². The molecule has 0 unspecified atom stereocenters. The summed E-state index contributed by atoms with van der Waals surface area (Å²) < 4.78 is 6.53. The molecule has 0 amide bonds. The number of ether oxygens (including phenoxy) is 1. The summed E-state index contributed by atoms with van der Waals surface area (Å²) in [5, 5.41) is 3.65. The van der Waals surface area contributed by atoms with Crippen molar-refractivity contribution in [2.75, 3.05) is 12.4 Å². The molecule has 1 saturated carbocycles. The number of anilines is 1. The molecule has 0 saturated heterocycles. The van der Waals surface area contributed by atoms with E-state index in [0.717, 1.165) is 15.9 Å². The molecule has 2 nitrogen and oxygen atoms in total. The fourth-order valence-corrected chi connectivity index (χ4v) is 3.06. The third-order valence-electron chi connectivity index (χ3n) is 3.44. The molecule has 0 spiro atoms. The first-order valence-electron chi connectivity index (χ1n) is 6.31. The number of halogens is 1. The molecule has 0 aliphatic heterocycles. The Morgan fingerprint density at radius 3 is 2.59 bits per heavy atom. The van der Waals surface area contributed by atoms with Crippen LogP contribution in [0.5, 0.6) is 5.75 Å². The number of nitrogens with one attached hydrogen (secondary N) is 1. The average molecular weight is 298 g/mol. The normalized spacial score (nSPS) is 16.9. The number of rotatable bonds is 3. The van der Waals surface area contributed by atoms with Crippen LogP contribution in [0.1, 0.15) is 37.7 Å². The van der Waals surface area contributed by atoms with E-state index in [2.05, 4.69) is 34.2 Å². The molecule has 2 rings (SSSR count). The second-order valence-electron chi connectivity index (χ2n) is 4.78. The highest BCUT2D eigenvalue weighted by molar-refractivity contribution is 9.10. The molecule has 1 aliphatic rings. The molecule has 17 heavy (non-hydrogen) atoms. The molecule has 1 aromatic rings. The van der Waals surface area contributed by atoms with Crippen molar-refractivity contribution in [2.45, 2.75) is 45.1 Å². The molecular weight excluding hydrogens is 278 g/mol. The van der Waals surface area contributed by atoms with Crippen LogP contribution in [0.2, 0.25) is 0 Å². The lowest BCUT2D eigenvalue weighted by Crippen LogP contribution is -2.23. The Morgan fingerprint density at radius 2 is 1.94 bits per heavy atom. The van der Waals surface area contributed by atoms with Crippen LogP contribution in [-0.2, 0) is 0 Å². The average Bonchev–Trinajstić information content (AvgIpc) is 2.33. The lowest BCUT2D eigenvalue weighted by atomic mass is 9.95. The van der Waals surface area contributed by atoms with Crippen molar-refractivity contribution in [1.29, 1.82) is 0 Å². The molecule has 94 valence electrons. The topological polar surface area (TPSA) is 21.3 Å². The van der Waals surface area contributed by atoms with Crippen LogP contribution in [-0.4, -0.2) is 13.2 Å². The van der Waals surface area contributed by atoms with Gasteiger partial charge in [0.2, 0.25) is 0 Å². The smallest absolute Gasteiger partial charge is 0.143 e. The number of methoxy groups -OCH3 is 1. The van der Waals surface area contributed by atoms with Gasteiger partial charge in [-0.25, -0.2) is 0 Å². The standard InChI is InChI=1S/C14H20BrNO/c1-10-8-11(15)9-13(17-2)14(10)16-12-6-4-3-5-7-12/h8-9,12,16H,3-7H2,1-2H3. The van der Waals surface area contributed by atoms with E-state index in [1.807, 2.05) is 6.07 Å². The van der Waals surface area contributed by atoms with Crippen molar-refractivity contribution >= 4 is 21.6 Å². The summed E-state index contributed by atoms with van der Waals surface area (Å²) in [5.74, 6) is 0.933. The van der Waals surface area contributed by atoms with Gasteiger partial charge in [-0.05, 0) is 37.5 Å². The van der Waals surface area contributed by atoms with E-state index in [1.165, 1.54) is 37.7 Å². The van der Waals surface area contributed by atoms with Crippen molar-refractivity contribution in [3.63, 3.8) is 0 Å². The van der Waals surface area contributed by atoms with E-state index in [-0.39, 0.29) is 0 Å². The molecule has 1 aromatic carbocycles. The van der Waals surface area contributed by atoms with E-state index < -0.39 is 0 Å². The highest BCUT2D eigenvalue weighted by atomic mass is 79.9. The van der Waals surface area contributed by atoms with Crippen LogP contribution < -0.4 is 10.1 Å². The summed E-state index contributed by atoms with van der Waals surface area (Å²) in [7, 11) is 1.73. The Kier molecular flexibility index (Phi) is 4.32. The monoisotopic (exact) mass is 297 g/mol. The SMILES string of the molecule is COc1cc(Br)cc(C)c1NC1CCCCC1. The molecule has 0 aromatic heterocycles. The first-order chi connectivity index (χ1) is 8.20. The van der Waals surface area contributed by atoms with E-state index in [1.54, 1.807) is 7.11 Å². The second-order valence-corrected chi connectivity index (χ2v) is 5.69. The van der Waals surface area contributed by atoms with Crippen LogP contribution in [0.15, 0.2) is 16.6 Å². The predicted molar refractivity (Wildman–Crippen MR) is 75.9 cm³/mol. The molecule has 1 N–H and O–H groups in total. The van der Waals surface area contributed by atoms with Gasteiger partial charge in [0, 0.05) is 10.5 Å². The maximum Gasteiger partial charge on any atom is 0.143 e. The van der Waals surface area contributed by atoms with Crippen LogP contribution in [0.3, 0.4) is 0 Å². The van der Waals surface area contributed by atoms with Crippen LogP contribution in [0.4, 0.5) is 5.69 Å². The summed E-state index contributed by atoms with van der Waals surface area (Å²) in [6.45, 7) is 2.12. The Morgan fingerprint density at radius 1 is 1.24 bits per heavy atom. The fourth-order valence-electron chi connectivity index (χ4n) is 2.51. The third kappa shape index (κ3) is 3.15. The van der Waals surface area contributed by atoms with Gasteiger partial charge in [-0.15, -0.1) is 0 Å². The predicted octanol–water partition coefficient (Wildman–Crippen LogP) is 4.51. The molecule has 0 radical (unpaired) electrons. The van der Waals surface area contributed by atoms with Crippen molar-refractivity contribution in [3.8, 4) is 5.75 Å². The third-order valence-corrected chi connectivity index (χ3v) is 3.90. The summed E-state index contributed by atoms with van der Waals surface area (Å²) >= 11 is 3.51.